The maximum atomic E-state index is 12.6. The summed E-state index contributed by atoms with van der Waals surface area (Å²) >= 11 is 0. The summed E-state index contributed by atoms with van der Waals surface area (Å²) in [7, 11) is 2.84. The average molecular weight is 302 g/mol. The number of benzene rings is 1. The molecule has 0 amide bonds. The minimum Gasteiger partial charge on any atom is -0.496 e. The van der Waals surface area contributed by atoms with Crippen molar-refractivity contribution < 1.29 is 23.9 Å². The smallest absolute Gasteiger partial charge is 0.201 e. The van der Waals surface area contributed by atoms with Crippen LogP contribution in [0.2, 0.25) is 0 Å². The Labute approximate surface area is 128 Å². The second kappa shape index (κ2) is 6.56. The molecule has 0 atom stereocenters. The summed E-state index contributed by atoms with van der Waals surface area (Å²) in [5, 5.41) is 0. The fourth-order valence-corrected chi connectivity index (χ4v) is 2.46. The Morgan fingerprint density at radius 2 is 1.64 bits per heavy atom. The molecule has 0 saturated heterocycles. The average Bonchev–Trinajstić information content (AvgIpc) is 2.54. The van der Waals surface area contributed by atoms with Gasteiger partial charge in [-0.1, -0.05) is 13.3 Å². The molecule has 1 aliphatic rings. The van der Waals surface area contributed by atoms with E-state index < -0.39 is 11.6 Å². The molecule has 0 fully saturated rings. The van der Waals surface area contributed by atoms with Crippen LogP contribution in [0.3, 0.4) is 0 Å². The maximum absolute atomic E-state index is 12.6. The highest BCUT2D eigenvalue weighted by Gasteiger charge is 2.34. The first-order valence-electron chi connectivity index (χ1n) is 7.14. The molecule has 0 spiro atoms. The molecule has 22 heavy (non-hydrogen) atoms. The molecular weight excluding hydrogens is 284 g/mol. The van der Waals surface area contributed by atoms with Gasteiger partial charge in [-0.15, -0.1) is 0 Å². The first-order valence-corrected chi connectivity index (χ1v) is 7.14. The lowest BCUT2D eigenvalue weighted by Gasteiger charge is -2.19. The third-order valence-electron chi connectivity index (χ3n) is 3.62. The topological polar surface area (TPSA) is 69.7 Å². The van der Waals surface area contributed by atoms with E-state index in [1.807, 2.05) is 6.92 Å². The fraction of sp³-hybridized carbons (Fsp3) is 0.353. The monoisotopic (exact) mass is 302 g/mol. The van der Waals surface area contributed by atoms with E-state index >= 15 is 0 Å². The molecule has 0 unspecified atom stereocenters. The molecule has 116 valence electrons. The zero-order valence-electron chi connectivity index (χ0n) is 12.9. The molecule has 0 bridgehead atoms. The third-order valence-corrected chi connectivity index (χ3v) is 3.62. The molecule has 0 N–H and O–H groups in total. The summed E-state index contributed by atoms with van der Waals surface area (Å²) in [6.45, 7) is 1.96. The summed E-state index contributed by atoms with van der Waals surface area (Å²) in [5.41, 5.74) is 0.186. The van der Waals surface area contributed by atoms with Gasteiger partial charge in [0.1, 0.15) is 11.5 Å². The number of allylic oxidation sites excluding steroid dienone is 2. The standard InChI is InChI=1S/C17H18O5/c1-4-5-6-11(18)10-9-12(19)15-13(21-2)7-8-14(22-3)16(15)17(10)20/h7-9H,4-6H2,1-3H3. The Bertz CT molecular complexity index is 670. The van der Waals surface area contributed by atoms with Crippen LogP contribution in [0.4, 0.5) is 0 Å². The maximum Gasteiger partial charge on any atom is 0.201 e. The van der Waals surface area contributed by atoms with E-state index in [2.05, 4.69) is 0 Å². The van der Waals surface area contributed by atoms with Gasteiger partial charge in [0, 0.05) is 12.5 Å². The van der Waals surface area contributed by atoms with Crippen molar-refractivity contribution in [3.8, 4) is 11.5 Å². The molecule has 0 aliphatic heterocycles. The summed E-state index contributed by atoms with van der Waals surface area (Å²) in [5.74, 6) is -0.638. The van der Waals surface area contributed by atoms with E-state index in [9.17, 15) is 14.4 Å². The first kappa shape index (κ1) is 15.9. The number of Topliss-reactive ketones (excluding diaryl/α,β-unsaturated/α-hetero) is 2. The number of hydrogen-bond donors (Lipinski definition) is 0. The van der Waals surface area contributed by atoms with Gasteiger partial charge in [-0.2, -0.15) is 0 Å². The first-order chi connectivity index (χ1) is 10.5. The number of rotatable bonds is 6. The van der Waals surface area contributed by atoms with Gasteiger partial charge in [0.25, 0.3) is 0 Å². The Morgan fingerprint density at radius 3 is 2.18 bits per heavy atom. The quantitative estimate of drug-likeness (QED) is 0.756. The lowest BCUT2D eigenvalue weighted by Crippen LogP contribution is -2.23. The summed E-state index contributed by atoms with van der Waals surface area (Å²) < 4.78 is 10.3. The second-order valence-electron chi connectivity index (χ2n) is 5.00. The van der Waals surface area contributed by atoms with E-state index in [0.717, 1.165) is 12.5 Å². The predicted molar refractivity (Wildman–Crippen MR) is 80.8 cm³/mol. The molecule has 0 aromatic heterocycles. The Hall–Kier alpha value is -2.43. The fourth-order valence-electron chi connectivity index (χ4n) is 2.46. The van der Waals surface area contributed by atoms with E-state index in [-0.39, 0.29) is 34.7 Å². The van der Waals surface area contributed by atoms with Crippen LogP contribution < -0.4 is 9.47 Å². The highest BCUT2D eigenvalue weighted by atomic mass is 16.5. The molecule has 0 heterocycles. The Balaban J connectivity index is 2.54. The largest absolute Gasteiger partial charge is 0.496 e. The number of carbonyl (C=O) groups is 3. The van der Waals surface area contributed by atoms with Crippen molar-refractivity contribution in [3.63, 3.8) is 0 Å². The van der Waals surface area contributed by atoms with Crippen molar-refractivity contribution in [1.82, 2.24) is 0 Å². The molecule has 5 heteroatoms. The third kappa shape index (κ3) is 2.66. The van der Waals surface area contributed by atoms with Crippen LogP contribution in [-0.2, 0) is 4.79 Å². The number of methoxy groups -OCH3 is 2. The number of ether oxygens (including phenoxy) is 2. The Morgan fingerprint density at radius 1 is 1.05 bits per heavy atom. The van der Waals surface area contributed by atoms with Gasteiger partial charge >= 0.3 is 0 Å². The number of hydrogen-bond acceptors (Lipinski definition) is 5. The van der Waals surface area contributed by atoms with Gasteiger partial charge in [0.05, 0.1) is 30.9 Å². The van der Waals surface area contributed by atoms with Gasteiger partial charge in [0.2, 0.25) is 5.78 Å². The van der Waals surface area contributed by atoms with Crippen LogP contribution >= 0.6 is 0 Å². The molecule has 1 aliphatic carbocycles. The van der Waals surface area contributed by atoms with Crippen LogP contribution in [0.15, 0.2) is 23.8 Å². The molecular formula is C17H18O5. The van der Waals surface area contributed by atoms with Crippen LogP contribution in [-0.4, -0.2) is 31.6 Å². The van der Waals surface area contributed by atoms with Crippen molar-refractivity contribution in [3.05, 3.63) is 34.9 Å². The number of fused-ring (bicyclic) bond motifs is 1. The minimum absolute atomic E-state index is 0.0718. The van der Waals surface area contributed by atoms with E-state index in [1.54, 1.807) is 12.1 Å². The lowest BCUT2D eigenvalue weighted by molar-refractivity contribution is -0.115. The van der Waals surface area contributed by atoms with Crippen LogP contribution in [0.5, 0.6) is 11.5 Å². The van der Waals surface area contributed by atoms with E-state index in [4.69, 9.17) is 9.47 Å². The SMILES string of the molecule is CCCCC(=O)C1=CC(=O)c2c(OC)ccc(OC)c2C1=O. The minimum atomic E-state index is -0.480. The van der Waals surface area contributed by atoms with Crippen molar-refractivity contribution >= 4 is 17.3 Å². The van der Waals surface area contributed by atoms with Crippen LogP contribution in [0.25, 0.3) is 0 Å². The van der Waals surface area contributed by atoms with Crippen LogP contribution in [0.1, 0.15) is 46.9 Å². The summed E-state index contributed by atoms with van der Waals surface area (Å²) in [6, 6.07) is 3.13. The Kier molecular flexibility index (Phi) is 4.75. The van der Waals surface area contributed by atoms with Crippen molar-refractivity contribution in [1.29, 1.82) is 0 Å². The van der Waals surface area contributed by atoms with Crippen molar-refractivity contribution in [2.45, 2.75) is 26.2 Å². The molecule has 5 nitrogen and oxygen atoms in total. The molecule has 1 aromatic rings. The predicted octanol–water partition coefficient (Wildman–Crippen LogP) is 2.77. The normalized spacial score (nSPS) is 13.5. The van der Waals surface area contributed by atoms with Gasteiger partial charge in [0.15, 0.2) is 11.6 Å². The zero-order valence-corrected chi connectivity index (χ0v) is 12.9. The zero-order chi connectivity index (χ0) is 16.3. The molecule has 2 rings (SSSR count). The number of unbranched alkanes of at least 4 members (excludes halogenated alkanes) is 1. The molecule has 1 aromatic carbocycles. The van der Waals surface area contributed by atoms with Crippen molar-refractivity contribution in [2.24, 2.45) is 0 Å². The highest BCUT2D eigenvalue weighted by molar-refractivity contribution is 6.36. The van der Waals surface area contributed by atoms with Crippen molar-refractivity contribution in [2.75, 3.05) is 14.2 Å². The highest BCUT2D eigenvalue weighted by Crippen LogP contribution is 2.36. The molecule has 0 radical (unpaired) electrons. The number of carbonyl (C=O) groups excluding carboxylic acids is 3. The summed E-state index contributed by atoms with van der Waals surface area (Å²) in [6.07, 6.45) is 2.89. The second-order valence-corrected chi connectivity index (χ2v) is 5.00. The van der Waals surface area contributed by atoms with E-state index in [0.29, 0.717) is 12.2 Å². The van der Waals surface area contributed by atoms with Crippen LogP contribution in [0, 0.1) is 0 Å². The van der Waals surface area contributed by atoms with Gasteiger partial charge < -0.3 is 9.47 Å². The lowest BCUT2D eigenvalue weighted by atomic mass is 9.85. The van der Waals surface area contributed by atoms with Gasteiger partial charge in [-0.05, 0) is 18.6 Å². The van der Waals surface area contributed by atoms with Gasteiger partial charge in [-0.25, -0.2) is 0 Å². The molecule has 0 saturated carbocycles. The van der Waals surface area contributed by atoms with E-state index in [1.165, 1.54) is 14.2 Å². The summed E-state index contributed by atoms with van der Waals surface area (Å²) in [4.78, 5) is 37.2. The van der Waals surface area contributed by atoms with Gasteiger partial charge in [-0.3, -0.25) is 14.4 Å². The number of ketones is 3.